The number of aliphatic imine (C=N–C) groups is 1. The molecular weight excluding hydrogens is 292 g/mol. The van der Waals surface area contributed by atoms with Gasteiger partial charge in [-0.1, -0.05) is 18.3 Å². The van der Waals surface area contributed by atoms with Gasteiger partial charge in [0.1, 0.15) is 11.4 Å². The third-order valence-corrected chi connectivity index (χ3v) is 3.24. The number of rotatable bonds is 4. The molecule has 2 amide bonds. The third-order valence-electron chi connectivity index (χ3n) is 2.41. The minimum atomic E-state index is -0.539. The number of nitrogens with one attached hydrogen (secondary N) is 1. The van der Waals surface area contributed by atoms with Crippen LogP contribution in [0.4, 0.5) is 5.69 Å². The molecule has 0 aromatic heterocycles. The first-order chi connectivity index (χ1) is 10.1. The van der Waals surface area contributed by atoms with Crippen molar-refractivity contribution in [3.63, 3.8) is 0 Å². The number of benzene rings is 1. The van der Waals surface area contributed by atoms with Crippen LogP contribution >= 0.6 is 11.8 Å². The molecular formula is C13H12N4O3S. The van der Waals surface area contributed by atoms with Gasteiger partial charge in [-0.15, -0.1) is 10.2 Å². The van der Waals surface area contributed by atoms with Crippen LogP contribution in [0, 0.1) is 0 Å². The quantitative estimate of drug-likeness (QED) is 0.863. The maximum atomic E-state index is 11.8. The fourth-order valence-corrected chi connectivity index (χ4v) is 1.96. The zero-order valence-electron chi connectivity index (χ0n) is 11.2. The van der Waals surface area contributed by atoms with E-state index in [-0.39, 0.29) is 22.5 Å². The number of carbonyl (C=O) groups is 2. The molecule has 0 fully saturated rings. The van der Waals surface area contributed by atoms with Gasteiger partial charge in [0.05, 0.1) is 12.9 Å². The first-order valence-electron chi connectivity index (χ1n) is 5.89. The second kappa shape index (κ2) is 6.80. The topological polar surface area (TPSA) is 92.5 Å². The molecule has 2 rings (SSSR count). The summed E-state index contributed by atoms with van der Waals surface area (Å²) >= 11 is 1.03. The summed E-state index contributed by atoms with van der Waals surface area (Å²) in [6, 6.07) is 6.94. The van der Waals surface area contributed by atoms with Crippen LogP contribution in [0.25, 0.3) is 0 Å². The van der Waals surface area contributed by atoms with Gasteiger partial charge >= 0.3 is 0 Å². The van der Waals surface area contributed by atoms with E-state index in [1.807, 2.05) is 0 Å². The number of carbonyl (C=O) groups excluding carboxylic acids is 2. The highest BCUT2D eigenvalue weighted by atomic mass is 32.2. The van der Waals surface area contributed by atoms with Crippen LogP contribution in [-0.2, 0) is 9.59 Å². The number of nitrogens with zero attached hydrogens (tertiary/aromatic N) is 3. The highest BCUT2D eigenvalue weighted by Crippen LogP contribution is 2.17. The Bertz CT molecular complexity index is 637. The average molecular weight is 304 g/mol. The zero-order chi connectivity index (χ0) is 15.2. The van der Waals surface area contributed by atoms with Crippen molar-refractivity contribution < 1.29 is 14.3 Å². The number of hydrogen-bond donors (Lipinski definition) is 1. The van der Waals surface area contributed by atoms with Gasteiger partial charge in [-0.05, 0) is 24.3 Å². The summed E-state index contributed by atoms with van der Waals surface area (Å²) in [6.07, 6.45) is 0. The van der Waals surface area contributed by atoms with E-state index >= 15 is 0 Å². The van der Waals surface area contributed by atoms with E-state index < -0.39 is 5.91 Å². The summed E-state index contributed by atoms with van der Waals surface area (Å²) in [7, 11) is 1.57. The number of amides is 2. The van der Waals surface area contributed by atoms with Gasteiger partial charge in [0, 0.05) is 5.69 Å². The molecule has 0 aliphatic carbocycles. The van der Waals surface area contributed by atoms with Crippen molar-refractivity contribution in [2.75, 3.05) is 18.2 Å². The molecule has 0 bridgehead atoms. The second-order valence-electron chi connectivity index (χ2n) is 3.91. The lowest BCUT2D eigenvalue weighted by atomic mass is 10.3. The highest BCUT2D eigenvalue weighted by Gasteiger charge is 2.14. The summed E-state index contributed by atoms with van der Waals surface area (Å²) in [5, 5.41) is 10.1. The molecule has 0 unspecified atom stereocenters. The van der Waals surface area contributed by atoms with Crippen LogP contribution < -0.4 is 10.1 Å². The summed E-state index contributed by atoms with van der Waals surface area (Å²) in [5.74, 6) is 0.00460. The molecule has 1 aliphatic heterocycles. The van der Waals surface area contributed by atoms with Crippen molar-refractivity contribution >= 4 is 34.4 Å². The van der Waals surface area contributed by atoms with Gasteiger partial charge < -0.3 is 10.1 Å². The van der Waals surface area contributed by atoms with Crippen LogP contribution in [0.1, 0.15) is 0 Å². The minimum absolute atomic E-state index is 0.0120. The van der Waals surface area contributed by atoms with E-state index in [1.54, 1.807) is 31.4 Å². The maximum absolute atomic E-state index is 11.8. The predicted octanol–water partition coefficient (Wildman–Crippen LogP) is 2.23. The Morgan fingerprint density at radius 3 is 2.67 bits per heavy atom. The summed E-state index contributed by atoms with van der Waals surface area (Å²) in [5.41, 5.74) is 0.639. The third kappa shape index (κ3) is 4.25. The lowest BCUT2D eigenvalue weighted by molar-refractivity contribution is -0.115. The van der Waals surface area contributed by atoms with Crippen LogP contribution in [0.2, 0.25) is 0 Å². The number of hydrogen-bond acceptors (Lipinski definition) is 6. The Balaban J connectivity index is 1.85. The molecule has 0 saturated carbocycles. The summed E-state index contributed by atoms with van der Waals surface area (Å²) in [4.78, 5) is 26.6. The van der Waals surface area contributed by atoms with Crippen molar-refractivity contribution in [3.8, 4) is 5.75 Å². The monoisotopic (exact) mass is 304 g/mol. The number of amidine groups is 1. The maximum Gasteiger partial charge on any atom is 0.299 e. The smallest absolute Gasteiger partial charge is 0.299 e. The van der Waals surface area contributed by atoms with E-state index in [4.69, 9.17) is 4.74 Å². The Kier molecular flexibility index (Phi) is 4.83. The molecule has 0 saturated heterocycles. The van der Waals surface area contributed by atoms with E-state index in [0.717, 1.165) is 11.8 Å². The molecule has 1 aromatic rings. The van der Waals surface area contributed by atoms with Gasteiger partial charge in [0.25, 0.3) is 5.91 Å². The Morgan fingerprint density at radius 2 is 2.05 bits per heavy atom. The first kappa shape index (κ1) is 14.9. The zero-order valence-corrected chi connectivity index (χ0v) is 12.0. The standard InChI is InChI=1S/C13H12N4O3S/c1-8-12(19)15-13(17-16-8)21-7-11(18)14-9-3-5-10(20-2)6-4-9/h3-6H,1,7H2,2H3,(H,14,18). The van der Waals surface area contributed by atoms with E-state index in [9.17, 15) is 9.59 Å². The van der Waals surface area contributed by atoms with Gasteiger partial charge in [-0.3, -0.25) is 9.59 Å². The van der Waals surface area contributed by atoms with Crippen molar-refractivity contribution in [1.82, 2.24) is 0 Å². The number of ether oxygens (including phenoxy) is 1. The molecule has 7 nitrogen and oxygen atoms in total. The Labute approximate surface area is 125 Å². The number of thioether (sulfide) groups is 1. The van der Waals surface area contributed by atoms with Crippen molar-refractivity contribution in [3.05, 3.63) is 36.5 Å². The Morgan fingerprint density at radius 1 is 1.33 bits per heavy atom. The molecule has 108 valence electrons. The van der Waals surface area contributed by atoms with Gasteiger partial charge in [-0.25, -0.2) is 0 Å². The van der Waals surface area contributed by atoms with E-state index in [0.29, 0.717) is 11.4 Å². The summed E-state index contributed by atoms with van der Waals surface area (Å²) in [6.45, 7) is 3.38. The van der Waals surface area contributed by atoms with E-state index in [1.165, 1.54) is 0 Å². The molecule has 0 spiro atoms. The molecule has 1 aromatic carbocycles. The predicted molar refractivity (Wildman–Crippen MR) is 80.5 cm³/mol. The summed E-state index contributed by atoms with van der Waals surface area (Å²) < 4.78 is 5.03. The second-order valence-corrected chi connectivity index (χ2v) is 4.85. The fourth-order valence-electron chi connectivity index (χ4n) is 1.38. The van der Waals surface area contributed by atoms with Gasteiger partial charge in [-0.2, -0.15) is 4.99 Å². The molecule has 1 aliphatic rings. The normalized spacial score (nSPS) is 13.9. The molecule has 0 atom stereocenters. The van der Waals surface area contributed by atoms with Gasteiger partial charge in [0.2, 0.25) is 11.1 Å². The lowest BCUT2D eigenvalue weighted by Gasteiger charge is -2.06. The largest absolute Gasteiger partial charge is 0.497 e. The Hall–Kier alpha value is -2.48. The van der Waals surface area contributed by atoms with Crippen LogP contribution in [0.5, 0.6) is 5.75 Å². The molecule has 0 radical (unpaired) electrons. The minimum Gasteiger partial charge on any atom is -0.497 e. The van der Waals surface area contributed by atoms with Crippen molar-refractivity contribution in [2.45, 2.75) is 0 Å². The average Bonchev–Trinajstić information content (AvgIpc) is 2.49. The fraction of sp³-hybridized carbons (Fsp3) is 0.154. The van der Waals surface area contributed by atoms with Crippen molar-refractivity contribution in [2.24, 2.45) is 15.2 Å². The SMILES string of the molecule is C=C1N=NC(SCC(=O)Nc2ccc(OC)cc2)=NC1=O. The molecule has 1 heterocycles. The number of anilines is 1. The number of azo groups is 1. The van der Waals surface area contributed by atoms with Crippen molar-refractivity contribution in [1.29, 1.82) is 0 Å². The molecule has 8 heteroatoms. The highest BCUT2D eigenvalue weighted by molar-refractivity contribution is 8.14. The van der Waals surface area contributed by atoms with Crippen LogP contribution in [0.3, 0.4) is 0 Å². The van der Waals surface area contributed by atoms with Crippen LogP contribution in [0.15, 0.2) is 51.8 Å². The van der Waals surface area contributed by atoms with E-state index in [2.05, 4.69) is 27.1 Å². The first-order valence-corrected chi connectivity index (χ1v) is 6.87. The molecule has 21 heavy (non-hydrogen) atoms. The molecule has 1 N–H and O–H groups in total. The lowest BCUT2D eigenvalue weighted by Crippen LogP contribution is -2.15. The number of methoxy groups -OCH3 is 1. The van der Waals surface area contributed by atoms with Gasteiger partial charge in [0.15, 0.2) is 0 Å². The van der Waals surface area contributed by atoms with Crippen LogP contribution in [-0.4, -0.2) is 29.8 Å².